The number of nitrogens with zero attached hydrogens (tertiary/aromatic N) is 1. The molecule has 2 aromatic carbocycles. The van der Waals surface area contributed by atoms with Gasteiger partial charge in [-0.05, 0) is 17.2 Å². The molecule has 3 rings (SSSR count). The van der Waals surface area contributed by atoms with Crippen LogP contribution in [-0.4, -0.2) is 23.2 Å². The van der Waals surface area contributed by atoms with Crippen LogP contribution < -0.4 is 4.90 Å². The number of rotatable bonds is 3. The van der Waals surface area contributed by atoms with Gasteiger partial charge in [0.25, 0.3) is 0 Å². The molecule has 1 atom stereocenters. The van der Waals surface area contributed by atoms with E-state index in [1.165, 1.54) is 4.90 Å². The molecule has 0 spiro atoms. The van der Waals surface area contributed by atoms with E-state index >= 15 is 0 Å². The Hall–Kier alpha value is -2.82. The average molecular weight is 297 g/mol. The summed E-state index contributed by atoms with van der Waals surface area (Å²) in [5, 5.41) is 9.34. The van der Waals surface area contributed by atoms with Crippen molar-refractivity contribution in [1.82, 2.24) is 0 Å². The van der Waals surface area contributed by atoms with Gasteiger partial charge in [0.1, 0.15) is 12.6 Å². The molecular weight excluding hydrogens is 282 g/mol. The molecule has 0 saturated carbocycles. The number of anilines is 1. The van der Waals surface area contributed by atoms with Gasteiger partial charge in [0.2, 0.25) is 0 Å². The molecule has 0 aromatic heterocycles. The van der Waals surface area contributed by atoms with Crippen LogP contribution in [0.3, 0.4) is 0 Å². The Labute approximate surface area is 127 Å². The number of carboxylic acids is 1. The van der Waals surface area contributed by atoms with Crippen molar-refractivity contribution in [3.8, 4) is 0 Å². The first-order chi connectivity index (χ1) is 10.7. The van der Waals surface area contributed by atoms with E-state index < -0.39 is 18.1 Å². The van der Waals surface area contributed by atoms with Crippen LogP contribution in [0.5, 0.6) is 0 Å². The van der Waals surface area contributed by atoms with Crippen molar-refractivity contribution in [2.45, 2.75) is 19.1 Å². The molecule has 1 N–H and O–H groups in total. The number of amides is 1. The Morgan fingerprint density at radius 2 is 1.77 bits per heavy atom. The molecule has 22 heavy (non-hydrogen) atoms. The number of carbonyl (C=O) groups is 2. The second-order valence-electron chi connectivity index (χ2n) is 5.10. The molecule has 0 bridgehead atoms. The van der Waals surface area contributed by atoms with Gasteiger partial charge in [0, 0.05) is 6.42 Å². The maximum absolute atomic E-state index is 12.3. The second kappa shape index (κ2) is 5.89. The Morgan fingerprint density at radius 3 is 2.50 bits per heavy atom. The van der Waals surface area contributed by atoms with Crippen LogP contribution in [0, 0.1) is 0 Å². The number of aliphatic carboxylic acids is 1. The van der Waals surface area contributed by atoms with Crippen molar-refractivity contribution in [3.63, 3.8) is 0 Å². The zero-order chi connectivity index (χ0) is 15.5. The van der Waals surface area contributed by atoms with Gasteiger partial charge in [0.05, 0.1) is 5.69 Å². The molecule has 112 valence electrons. The largest absolute Gasteiger partial charge is 0.480 e. The predicted octanol–water partition coefficient (Wildman–Crippen LogP) is 2.84. The molecule has 0 aliphatic carbocycles. The van der Waals surface area contributed by atoms with E-state index in [4.69, 9.17) is 4.74 Å². The van der Waals surface area contributed by atoms with E-state index in [1.54, 1.807) is 12.1 Å². The molecule has 0 fully saturated rings. The fourth-order valence-corrected chi connectivity index (χ4v) is 2.60. The summed E-state index contributed by atoms with van der Waals surface area (Å²) in [6, 6.07) is 15.5. The van der Waals surface area contributed by atoms with Crippen molar-refractivity contribution in [2.75, 3.05) is 4.90 Å². The SMILES string of the molecule is O=C(O)[C@H]1Cc2ccccc2N1C(=O)OCc1ccccc1. The lowest BCUT2D eigenvalue weighted by atomic mass is 10.1. The van der Waals surface area contributed by atoms with E-state index in [-0.39, 0.29) is 6.61 Å². The minimum atomic E-state index is -1.03. The summed E-state index contributed by atoms with van der Waals surface area (Å²) in [5.74, 6) is -1.03. The third-order valence-electron chi connectivity index (χ3n) is 3.66. The lowest BCUT2D eigenvalue weighted by molar-refractivity contribution is -0.138. The van der Waals surface area contributed by atoms with Crippen LogP contribution in [0.15, 0.2) is 54.6 Å². The fraction of sp³-hybridized carbons (Fsp3) is 0.176. The van der Waals surface area contributed by atoms with Gasteiger partial charge in [-0.25, -0.2) is 9.59 Å². The topological polar surface area (TPSA) is 66.8 Å². The van der Waals surface area contributed by atoms with Crippen LogP contribution in [0.4, 0.5) is 10.5 Å². The van der Waals surface area contributed by atoms with Gasteiger partial charge in [0.15, 0.2) is 0 Å². The van der Waals surface area contributed by atoms with Crippen molar-refractivity contribution in [1.29, 1.82) is 0 Å². The summed E-state index contributed by atoms with van der Waals surface area (Å²) >= 11 is 0. The molecule has 0 radical (unpaired) electrons. The lowest BCUT2D eigenvalue weighted by Crippen LogP contribution is -2.43. The maximum Gasteiger partial charge on any atom is 0.415 e. The van der Waals surface area contributed by atoms with Gasteiger partial charge in [-0.1, -0.05) is 48.5 Å². The lowest BCUT2D eigenvalue weighted by Gasteiger charge is -2.22. The van der Waals surface area contributed by atoms with Gasteiger partial charge < -0.3 is 9.84 Å². The van der Waals surface area contributed by atoms with E-state index in [2.05, 4.69) is 0 Å². The maximum atomic E-state index is 12.3. The van der Waals surface area contributed by atoms with Gasteiger partial charge in [-0.15, -0.1) is 0 Å². The highest BCUT2D eigenvalue weighted by molar-refractivity contribution is 5.98. The molecular formula is C17H15NO4. The summed E-state index contributed by atoms with van der Waals surface area (Å²) in [7, 11) is 0. The number of hydrogen-bond acceptors (Lipinski definition) is 3. The van der Waals surface area contributed by atoms with Gasteiger partial charge >= 0.3 is 12.1 Å². The van der Waals surface area contributed by atoms with E-state index in [0.29, 0.717) is 12.1 Å². The minimum absolute atomic E-state index is 0.116. The van der Waals surface area contributed by atoms with Crippen molar-refractivity contribution in [3.05, 3.63) is 65.7 Å². The number of hydrogen-bond donors (Lipinski definition) is 1. The van der Waals surface area contributed by atoms with Crippen LogP contribution in [0.2, 0.25) is 0 Å². The first-order valence-corrected chi connectivity index (χ1v) is 6.97. The van der Waals surface area contributed by atoms with E-state index in [9.17, 15) is 14.7 Å². The molecule has 5 heteroatoms. The highest BCUT2D eigenvalue weighted by Crippen LogP contribution is 2.32. The molecule has 1 aliphatic heterocycles. The van der Waals surface area contributed by atoms with E-state index in [1.807, 2.05) is 42.5 Å². The van der Waals surface area contributed by atoms with Crippen LogP contribution in [0.25, 0.3) is 0 Å². The summed E-state index contributed by atoms with van der Waals surface area (Å²) in [6.45, 7) is 0.116. The third kappa shape index (κ3) is 2.65. The number of fused-ring (bicyclic) bond motifs is 1. The van der Waals surface area contributed by atoms with Crippen molar-refractivity contribution in [2.24, 2.45) is 0 Å². The number of carbonyl (C=O) groups excluding carboxylic acids is 1. The first kappa shape index (κ1) is 14.1. The molecule has 0 saturated heterocycles. The Kier molecular flexibility index (Phi) is 3.78. The predicted molar refractivity (Wildman–Crippen MR) is 80.7 cm³/mol. The monoisotopic (exact) mass is 297 g/mol. The van der Waals surface area contributed by atoms with Crippen LogP contribution in [-0.2, 0) is 22.6 Å². The standard InChI is InChI=1S/C17H15NO4/c19-16(20)15-10-13-8-4-5-9-14(13)18(15)17(21)22-11-12-6-2-1-3-7-12/h1-9,15H,10-11H2,(H,19,20)/t15-/m1/s1. The molecule has 1 amide bonds. The Balaban J connectivity index is 1.78. The average Bonchev–Trinajstić information content (AvgIpc) is 2.93. The van der Waals surface area contributed by atoms with Crippen LogP contribution >= 0.6 is 0 Å². The first-order valence-electron chi connectivity index (χ1n) is 6.97. The smallest absolute Gasteiger partial charge is 0.415 e. The molecule has 0 unspecified atom stereocenters. The molecule has 5 nitrogen and oxygen atoms in total. The summed E-state index contributed by atoms with van der Waals surface area (Å²) in [4.78, 5) is 25.0. The Bertz CT molecular complexity index is 699. The van der Waals surface area contributed by atoms with Crippen LogP contribution in [0.1, 0.15) is 11.1 Å². The zero-order valence-corrected chi connectivity index (χ0v) is 11.8. The van der Waals surface area contributed by atoms with Gasteiger partial charge in [-0.3, -0.25) is 4.90 Å². The highest BCUT2D eigenvalue weighted by atomic mass is 16.6. The number of ether oxygens (including phenoxy) is 1. The van der Waals surface area contributed by atoms with Crippen molar-refractivity contribution < 1.29 is 19.4 Å². The number of para-hydroxylation sites is 1. The quantitative estimate of drug-likeness (QED) is 0.946. The van der Waals surface area contributed by atoms with E-state index in [0.717, 1.165) is 11.1 Å². The minimum Gasteiger partial charge on any atom is -0.480 e. The normalized spacial score (nSPS) is 16.2. The third-order valence-corrected chi connectivity index (χ3v) is 3.66. The molecule has 1 heterocycles. The zero-order valence-electron chi connectivity index (χ0n) is 11.8. The molecule has 2 aromatic rings. The van der Waals surface area contributed by atoms with Crippen molar-refractivity contribution >= 4 is 17.7 Å². The number of carboxylic acid groups (broad SMARTS) is 1. The summed E-state index contributed by atoms with van der Waals surface area (Å²) in [5.41, 5.74) is 2.30. The fourth-order valence-electron chi connectivity index (χ4n) is 2.60. The number of benzene rings is 2. The summed E-state index contributed by atoms with van der Waals surface area (Å²) < 4.78 is 5.27. The second-order valence-corrected chi connectivity index (χ2v) is 5.10. The Morgan fingerprint density at radius 1 is 1.09 bits per heavy atom. The van der Waals surface area contributed by atoms with Gasteiger partial charge in [-0.2, -0.15) is 0 Å². The highest BCUT2D eigenvalue weighted by Gasteiger charge is 2.39. The molecule has 1 aliphatic rings. The summed E-state index contributed by atoms with van der Waals surface area (Å²) in [6.07, 6.45) is -0.340.